The van der Waals surface area contributed by atoms with Crippen LogP contribution in [0.1, 0.15) is 23.5 Å². The van der Waals surface area contributed by atoms with Gasteiger partial charge in [-0.3, -0.25) is 9.98 Å². The number of aryl methyl sites for hydroxylation is 2. The summed E-state index contributed by atoms with van der Waals surface area (Å²) in [7, 11) is 1.79. The van der Waals surface area contributed by atoms with E-state index in [9.17, 15) is 0 Å². The van der Waals surface area contributed by atoms with Gasteiger partial charge in [0, 0.05) is 32.9 Å². The third-order valence-corrected chi connectivity index (χ3v) is 5.39. The number of fused-ring (bicyclic) bond motifs is 1. The third kappa shape index (κ3) is 6.93. The van der Waals surface area contributed by atoms with E-state index in [0.717, 1.165) is 53.8 Å². The summed E-state index contributed by atoms with van der Waals surface area (Å²) < 4.78 is 8.14. The summed E-state index contributed by atoms with van der Waals surface area (Å²) in [6.45, 7) is 4.89. The Balaban J connectivity index is 0.00000324. The summed E-state index contributed by atoms with van der Waals surface area (Å²) in [6, 6.07) is 22.1. The van der Waals surface area contributed by atoms with Gasteiger partial charge in [0.2, 0.25) is 0 Å². The maximum absolute atomic E-state index is 5.88. The number of hydrogen-bond acceptors (Lipinski definition) is 4. The van der Waals surface area contributed by atoms with Gasteiger partial charge in [0.05, 0.1) is 16.7 Å². The fourth-order valence-electron chi connectivity index (χ4n) is 3.71. The number of guanidine groups is 1. The number of halogens is 1. The van der Waals surface area contributed by atoms with Crippen LogP contribution < -0.4 is 15.4 Å². The largest absolute Gasteiger partial charge is 0.487 e. The lowest BCUT2D eigenvalue weighted by molar-refractivity contribution is 0.301. The van der Waals surface area contributed by atoms with Crippen LogP contribution in [0.5, 0.6) is 5.75 Å². The van der Waals surface area contributed by atoms with Crippen molar-refractivity contribution in [2.24, 2.45) is 4.99 Å². The van der Waals surface area contributed by atoms with Gasteiger partial charge in [-0.25, -0.2) is 4.98 Å². The summed E-state index contributed by atoms with van der Waals surface area (Å²) in [6.07, 6.45) is 2.75. The van der Waals surface area contributed by atoms with Gasteiger partial charge in [0.15, 0.2) is 5.96 Å². The summed E-state index contributed by atoms with van der Waals surface area (Å²) in [5, 5.41) is 6.77. The van der Waals surface area contributed by atoms with Gasteiger partial charge in [-0.1, -0.05) is 30.3 Å². The van der Waals surface area contributed by atoms with Crippen molar-refractivity contribution in [1.29, 1.82) is 0 Å². The van der Waals surface area contributed by atoms with Crippen molar-refractivity contribution in [3.8, 4) is 5.75 Å². The maximum atomic E-state index is 5.88. The van der Waals surface area contributed by atoms with Crippen molar-refractivity contribution in [3.05, 3.63) is 90.0 Å². The molecule has 2 N–H and O–H groups in total. The second kappa shape index (κ2) is 12.9. The zero-order valence-electron chi connectivity index (χ0n) is 19.6. The van der Waals surface area contributed by atoms with E-state index in [2.05, 4.69) is 61.4 Å². The number of rotatable bonds is 9. The molecule has 8 heteroatoms. The fourth-order valence-corrected chi connectivity index (χ4v) is 3.71. The second-order valence-corrected chi connectivity index (χ2v) is 7.76. The van der Waals surface area contributed by atoms with Crippen LogP contribution in [0, 0.1) is 6.92 Å². The lowest BCUT2D eigenvalue weighted by atomic mass is 10.2. The minimum atomic E-state index is 0. The van der Waals surface area contributed by atoms with E-state index < -0.39 is 0 Å². The average Bonchev–Trinajstić information content (AvgIpc) is 3.18. The lowest BCUT2D eigenvalue weighted by Gasteiger charge is -2.13. The van der Waals surface area contributed by atoms with E-state index in [-0.39, 0.29) is 24.0 Å². The second-order valence-electron chi connectivity index (χ2n) is 7.76. The summed E-state index contributed by atoms with van der Waals surface area (Å²) >= 11 is 0. The SMILES string of the molecule is CN=C(NCCCn1c(C)nc2ccccc21)NCc1cccc(OCc2ccccn2)c1.I. The number of pyridine rings is 1. The molecule has 0 radical (unpaired) electrons. The lowest BCUT2D eigenvalue weighted by Crippen LogP contribution is -2.37. The average molecular weight is 570 g/mol. The van der Waals surface area contributed by atoms with Crippen LogP contribution in [0.3, 0.4) is 0 Å². The highest BCUT2D eigenvalue weighted by atomic mass is 127. The van der Waals surface area contributed by atoms with E-state index in [1.807, 2.05) is 42.5 Å². The van der Waals surface area contributed by atoms with Gasteiger partial charge in [0.25, 0.3) is 0 Å². The Kier molecular flexibility index (Phi) is 9.69. The maximum Gasteiger partial charge on any atom is 0.191 e. The molecular weight excluding hydrogens is 539 g/mol. The molecule has 178 valence electrons. The number of nitrogens with one attached hydrogen (secondary N) is 2. The molecule has 7 nitrogen and oxygen atoms in total. The minimum absolute atomic E-state index is 0. The molecule has 2 aromatic carbocycles. The molecule has 0 aliphatic rings. The van der Waals surface area contributed by atoms with Gasteiger partial charge in [-0.05, 0) is 55.3 Å². The van der Waals surface area contributed by atoms with Crippen LogP contribution in [0.4, 0.5) is 0 Å². The van der Waals surface area contributed by atoms with Gasteiger partial charge in [-0.15, -0.1) is 24.0 Å². The molecule has 4 aromatic rings. The van der Waals surface area contributed by atoms with Crippen molar-refractivity contribution in [2.45, 2.75) is 33.0 Å². The molecule has 0 fully saturated rings. The zero-order chi connectivity index (χ0) is 22.9. The van der Waals surface area contributed by atoms with E-state index in [0.29, 0.717) is 13.2 Å². The Morgan fingerprint density at radius 2 is 1.88 bits per heavy atom. The summed E-state index contributed by atoms with van der Waals surface area (Å²) in [4.78, 5) is 13.3. The molecule has 0 saturated heterocycles. The highest BCUT2D eigenvalue weighted by molar-refractivity contribution is 14.0. The third-order valence-electron chi connectivity index (χ3n) is 5.39. The number of hydrogen-bond donors (Lipinski definition) is 2. The monoisotopic (exact) mass is 570 g/mol. The minimum Gasteiger partial charge on any atom is -0.487 e. The van der Waals surface area contributed by atoms with Crippen molar-refractivity contribution < 1.29 is 4.74 Å². The van der Waals surface area contributed by atoms with E-state index in [1.165, 1.54) is 5.52 Å². The number of aliphatic imine (C=N–C) groups is 1. The van der Waals surface area contributed by atoms with Crippen molar-refractivity contribution in [2.75, 3.05) is 13.6 Å². The highest BCUT2D eigenvalue weighted by Gasteiger charge is 2.06. The van der Waals surface area contributed by atoms with Gasteiger partial charge in [0.1, 0.15) is 18.2 Å². The van der Waals surface area contributed by atoms with E-state index >= 15 is 0 Å². The summed E-state index contributed by atoms with van der Waals surface area (Å²) in [5.74, 6) is 2.65. The number of para-hydroxylation sites is 2. The van der Waals surface area contributed by atoms with Crippen LogP contribution >= 0.6 is 24.0 Å². The first kappa shape index (κ1) is 25.5. The predicted molar refractivity (Wildman–Crippen MR) is 148 cm³/mol. The van der Waals surface area contributed by atoms with Crippen LogP contribution in [-0.2, 0) is 19.7 Å². The topological polar surface area (TPSA) is 76.4 Å². The standard InChI is InChI=1S/C26H30N6O.HI/c1-20-31-24-12-3-4-13-25(24)32(20)16-8-15-29-26(27-2)30-18-21-9-7-11-23(17-21)33-19-22-10-5-6-14-28-22;/h3-7,9-14,17H,8,15-16,18-19H2,1-2H3,(H2,27,29,30);1H. The molecule has 0 saturated carbocycles. The number of imidazole rings is 1. The Bertz CT molecular complexity index is 1210. The van der Waals surface area contributed by atoms with E-state index in [1.54, 1.807) is 13.2 Å². The first-order valence-electron chi connectivity index (χ1n) is 11.2. The zero-order valence-corrected chi connectivity index (χ0v) is 21.9. The molecule has 0 atom stereocenters. The molecule has 2 heterocycles. The quantitative estimate of drug-likeness (QED) is 0.132. The number of benzene rings is 2. The molecule has 0 aliphatic carbocycles. The molecule has 0 bridgehead atoms. The van der Waals surface area contributed by atoms with E-state index in [4.69, 9.17) is 4.74 Å². The molecule has 0 aliphatic heterocycles. The van der Waals surface area contributed by atoms with Gasteiger partial charge in [-0.2, -0.15) is 0 Å². The number of nitrogens with zero attached hydrogens (tertiary/aromatic N) is 4. The van der Waals surface area contributed by atoms with Crippen LogP contribution in [0.15, 0.2) is 77.9 Å². The molecular formula is C26H31IN6O. The van der Waals surface area contributed by atoms with Crippen LogP contribution in [0.25, 0.3) is 11.0 Å². The van der Waals surface area contributed by atoms with Crippen molar-refractivity contribution >= 4 is 41.0 Å². The Hall–Kier alpha value is -3.14. The summed E-state index contributed by atoms with van der Waals surface area (Å²) in [5.41, 5.74) is 4.26. The Morgan fingerprint density at radius 3 is 2.71 bits per heavy atom. The Labute approximate surface area is 217 Å². The van der Waals surface area contributed by atoms with Gasteiger partial charge < -0.3 is 19.9 Å². The first-order chi connectivity index (χ1) is 16.2. The predicted octanol–water partition coefficient (Wildman–Crippen LogP) is 4.69. The van der Waals surface area contributed by atoms with Crippen LogP contribution in [-0.4, -0.2) is 34.1 Å². The molecule has 2 aromatic heterocycles. The normalized spacial score (nSPS) is 11.2. The molecule has 4 rings (SSSR count). The molecule has 0 spiro atoms. The molecule has 0 unspecified atom stereocenters. The van der Waals surface area contributed by atoms with Crippen LogP contribution in [0.2, 0.25) is 0 Å². The number of ether oxygens (including phenoxy) is 1. The fraction of sp³-hybridized carbons (Fsp3) is 0.269. The smallest absolute Gasteiger partial charge is 0.191 e. The molecule has 0 amide bonds. The van der Waals surface area contributed by atoms with Gasteiger partial charge >= 0.3 is 0 Å². The number of aromatic nitrogens is 3. The van der Waals surface area contributed by atoms with Crippen molar-refractivity contribution in [1.82, 2.24) is 25.2 Å². The molecule has 34 heavy (non-hydrogen) atoms. The highest BCUT2D eigenvalue weighted by Crippen LogP contribution is 2.16. The Morgan fingerprint density at radius 1 is 1.03 bits per heavy atom. The van der Waals surface area contributed by atoms with Crippen molar-refractivity contribution in [3.63, 3.8) is 0 Å². The first-order valence-corrected chi connectivity index (χ1v) is 11.2.